The van der Waals surface area contributed by atoms with Gasteiger partial charge in [-0.15, -0.1) is 11.3 Å². The van der Waals surface area contributed by atoms with Gasteiger partial charge in [-0.2, -0.15) is 0 Å². The van der Waals surface area contributed by atoms with Crippen LogP contribution >= 0.6 is 11.3 Å². The summed E-state index contributed by atoms with van der Waals surface area (Å²) < 4.78 is 1.28. The number of nitrogens with zero attached hydrogens (tertiary/aromatic N) is 2. The Hall–Kier alpha value is -0.970. The van der Waals surface area contributed by atoms with Crippen LogP contribution in [0.1, 0.15) is 37.2 Å². The van der Waals surface area contributed by atoms with E-state index in [2.05, 4.69) is 41.4 Å². The molecule has 1 aliphatic rings. The van der Waals surface area contributed by atoms with Gasteiger partial charge >= 0.3 is 0 Å². The number of rotatable bonds is 5. The topological polar surface area (TPSA) is 28.2 Å². The lowest BCUT2D eigenvalue weighted by Gasteiger charge is -2.26. The first-order chi connectivity index (χ1) is 9.83. The minimum absolute atomic E-state index is 0.345. The fraction of sp³-hybridized carbons (Fsp3) is 0.562. The van der Waals surface area contributed by atoms with E-state index in [1.165, 1.54) is 42.1 Å². The summed E-state index contributed by atoms with van der Waals surface area (Å²) in [4.78, 5) is 7.29. The Labute approximate surface area is 125 Å². The van der Waals surface area contributed by atoms with Crippen LogP contribution in [0.4, 0.5) is 0 Å². The highest BCUT2D eigenvalue weighted by atomic mass is 32.1. The van der Waals surface area contributed by atoms with Crippen molar-refractivity contribution >= 4 is 21.6 Å². The second-order valence-electron chi connectivity index (χ2n) is 5.60. The molecule has 3 rings (SSSR count). The van der Waals surface area contributed by atoms with Crippen molar-refractivity contribution < 1.29 is 0 Å². The number of thiazole rings is 1. The van der Waals surface area contributed by atoms with Crippen molar-refractivity contribution in [1.29, 1.82) is 0 Å². The Kier molecular flexibility index (Phi) is 4.65. The van der Waals surface area contributed by atoms with Crippen LogP contribution in [-0.2, 0) is 0 Å². The molecule has 2 aromatic rings. The zero-order chi connectivity index (χ0) is 13.8. The van der Waals surface area contributed by atoms with Crippen LogP contribution in [-0.4, -0.2) is 36.1 Å². The molecule has 1 fully saturated rings. The average molecular weight is 289 g/mol. The molecule has 2 heterocycles. The van der Waals surface area contributed by atoms with E-state index in [-0.39, 0.29) is 0 Å². The van der Waals surface area contributed by atoms with Gasteiger partial charge in [0.2, 0.25) is 0 Å². The van der Waals surface area contributed by atoms with E-state index < -0.39 is 0 Å². The van der Waals surface area contributed by atoms with Crippen molar-refractivity contribution in [3.05, 3.63) is 29.3 Å². The maximum atomic E-state index is 4.72. The third-order valence-electron chi connectivity index (χ3n) is 4.01. The molecule has 1 saturated heterocycles. The first kappa shape index (κ1) is 14.0. The standard InChI is InChI=1S/C16H23N3S/c1-13(17-9-12-19-10-5-2-6-11-19)16-18-14-7-3-4-8-15(14)20-16/h3-4,7-8,13,17H,2,5-6,9-12H2,1H3. The van der Waals surface area contributed by atoms with Crippen LogP contribution in [0, 0.1) is 0 Å². The second-order valence-corrected chi connectivity index (χ2v) is 6.66. The molecule has 0 saturated carbocycles. The summed E-state index contributed by atoms with van der Waals surface area (Å²) in [6.07, 6.45) is 4.15. The van der Waals surface area contributed by atoms with E-state index in [1.807, 2.05) is 0 Å². The third kappa shape index (κ3) is 3.37. The number of fused-ring (bicyclic) bond motifs is 1. The van der Waals surface area contributed by atoms with E-state index in [4.69, 9.17) is 4.98 Å². The van der Waals surface area contributed by atoms with Crippen molar-refractivity contribution in [3.63, 3.8) is 0 Å². The van der Waals surface area contributed by atoms with Gasteiger partial charge < -0.3 is 10.2 Å². The van der Waals surface area contributed by atoms with Crippen molar-refractivity contribution in [2.45, 2.75) is 32.2 Å². The summed E-state index contributed by atoms with van der Waals surface area (Å²) in [6.45, 7) is 6.98. The van der Waals surface area contributed by atoms with Crippen LogP contribution in [0.3, 0.4) is 0 Å². The highest BCUT2D eigenvalue weighted by Gasteiger charge is 2.13. The van der Waals surface area contributed by atoms with Crippen LogP contribution in [0.2, 0.25) is 0 Å². The first-order valence-corrected chi connectivity index (χ1v) is 8.46. The molecule has 0 aliphatic carbocycles. The van der Waals surface area contributed by atoms with E-state index in [1.54, 1.807) is 11.3 Å². The predicted octanol–water partition coefficient (Wildman–Crippen LogP) is 3.43. The lowest BCUT2D eigenvalue weighted by atomic mass is 10.1. The van der Waals surface area contributed by atoms with Crippen LogP contribution in [0.25, 0.3) is 10.2 Å². The number of para-hydroxylation sites is 1. The van der Waals surface area contributed by atoms with Gasteiger partial charge in [0.1, 0.15) is 5.01 Å². The molecule has 0 amide bonds. The molecule has 3 nitrogen and oxygen atoms in total. The minimum Gasteiger partial charge on any atom is -0.307 e. The third-order valence-corrected chi connectivity index (χ3v) is 5.23. The van der Waals surface area contributed by atoms with E-state index in [9.17, 15) is 0 Å². The Morgan fingerprint density at radius 1 is 1.25 bits per heavy atom. The lowest BCUT2D eigenvalue weighted by Crippen LogP contribution is -2.36. The Morgan fingerprint density at radius 2 is 2.05 bits per heavy atom. The van der Waals surface area contributed by atoms with Crippen LogP contribution < -0.4 is 5.32 Å². The highest BCUT2D eigenvalue weighted by Crippen LogP contribution is 2.25. The minimum atomic E-state index is 0.345. The molecule has 4 heteroatoms. The molecule has 1 aromatic heterocycles. The van der Waals surface area contributed by atoms with Crippen LogP contribution in [0.15, 0.2) is 24.3 Å². The van der Waals surface area contributed by atoms with Gasteiger partial charge in [0.05, 0.1) is 16.3 Å². The van der Waals surface area contributed by atoms with E-state index >= 15 is 0 Å². The molecule has 20 heavy (non-hydrogen) atoms. The predicted molar refractivity (Wildman–Crippen MR) is 86.3 cm³/mol. The molecule has 0 radical (unpaired) electrons. The number of piperidine rings is 1. The normalized spacial score (nSPS) is 18.4. The number of benzene rings is 1. The van der Waals surface area contributed by atoms with Gasteiger partial charge in [0, 0.05) is 13.1 Å². The largest absolute Gasteiger partial charge is 0.307 e. The SMILES string of the molecule is CC(NCCN1CCCCC1)c1nc2ccccc2s1. The van der Waals surface area contributed by atoms with Crippen molar-refractivity contribution in [2.75, 3.05) is 26.2 Å². The monoisotopic (exact) mass is 289 g/mol. The van der Waals surface area contributed by atoms with Gasteiger partial charge in [-0.05, 0) is 45.0 Å². The van der Waals surface area contributed by atoms with E-state index in [0.717, 1.165) is 18.6 Å². The van der Waals surface area contributed by atoms with E-state index in [0.29, 0.717) is 6.04 Å². The molecule has 1 aromatic carbocycles. The molecule has 1 atom stereocenters. The quantitative estimate of drug-likeness (QED) is 0.914. The Bertz CT molecular complexity index is 512. The van der Waals surface area contributed by atoms with Crippen molar-refractivity contribution in [1.82, 2.24) is 15.2 Å². The van der Waals surface area contributed by atoms with Gasteiger partial charge in [-0.3, -0.25) is 0 Å². The maximum Gasteiger partial charge on any atom is 0.111 e. The highest BCUT2D eigenvalue weighted by molar-refractivity contribution is 7.18. The average Bonchev–Trinajstić information content (AvgIpc) is 2.92. The molecular formula is C16H23N3S. The van der Waals surface area contributed by atoms with Crippen molar-refractivity contribution in [3.8, 4) is 0 Å². The maximum absolute atomic E-state index is 4.72. The second kappa shape index (κ2) is 6.66. The molecule has 1 unspecified atom stereocenters. The van der Waals surface area contributed by atoms with Gasteiger partial charge in [0.25, 0.3) is 0 Å². The number of hydrogen-bond acceptors (Lipinski definition) is 4. The molecule has 0 bridgehead atoms. The molecule has 108 valence electrons. The van der Waals surface area contributed by atoms with Gasteiger partial charge in [-0.25, -0.2) is 4.98 Å². The summed E-state index contributed by atoms with van der Waals surface area (Å²) in [5, 5.41) is 4.81. The summed E-state index contributed by atoms with van der Waals surface area (Å²) in [6, 6.07) is 8.73. The fourth-order valence-electron chi connectivity index (χ4n) is 2.78. The molecule has 0 spiro atoms. The number of likely N-dealkylation sites (tertiary alicyclic amines) is 1. The number of hydrogen-bond donors (Lipinski definition) is 1. The number of nitrogens with one attached hydrogen (secondary N) is 1. The molecule has 1 aliphatic heterocycles. The lowest BCUT2D eigenvalue weighted by molar-refractivity contribution is 0.227. The van der Waals surface area contributed by atoms with Crippen LogP contribution in [0.5, 0.6) is 0 Å². The summed E-state index contributed by atoms with van der Waals surface area (Å²) in [7, 11) is 0. The van der Waals surface area contributed by atoms with Crippen molar-refractivity contribution in [2.24, 2.45) is 0 Å². The zero-order valence-electron chi connectivity index (χ0n) is 12.1. The summed E-state index contributed by atoms with van der Waals surface area (Å²) in [5.74, 6) is 0. The molecular weight excluding hydrogens is 266 g/mol. The molecule has 1 N–H and O–H groups in total. The fourth-order valence-corrected chi connectivity index (χ4v) is 3.78. The number of aromatic nitrogens is 1. The smallest absolute Gasteiger partial charge is 0.111 e. The Balaban J connectivity index is 1.52. The Morgan fingerprint density at radius 3 is 2.85 bits per heavy atom. The summed E-state index contributed by atoms with van der Waals surface area (Å²) in [5.41, 5.74) is 1.12. The zero-order valence-corrected chi connectivity index (χ0v) is 13.0. The first-order valence-electron chi connectivity index (χ1n) is 7.64. The van der Waals surface area contributed by atoms with Gasteiger partial charge in [0.15, 0.2) is 0 Å². The van der Waals surface area contributed by atoms with Gasteiger partial charge in [-0.1, -0.05) is 18.6 Å². The summed E-state index contributed by atoms with van der Waals surface area (Å²) >= 11 is 1.80.